The minimum absolute atomic E-state index is 0.231. The van der Waals surface area contributed by atoms with Crippen molar-refractivity contribution in [2.24, 2.45) is 0 Å². The Morgan fingerprint density at radius 3 is 2.69 bits per heavy atom. The van der Waals surface area contributed by atoms with Gasteiger partial charge in [-0.25, -0.2) is 4.98 Å². The van der Waals surface area contributed by atoms with Crippen LogP contribution in [0.4, 0.5) is 11.4 Å². The molecule has 146 valence electrons. The van der Waals surface area contributed by atoms with E-state index in [4.69, 9.17) is 11.6 Å². The number of halogens is 1. The third-order valence-electron chi connectivity index (χ3n) is 5.19. The molecule has 0 saturated carbocycles. The monoisotopic (exact) mass is 406 g/mol. The van der Waals surface area contributed by atoms with Crippen LogP contribution in [0.2, 0.25) is 5.02 Å². The maximum Gasteiger partial charge on any atom is 0.274 e. The molecule has 1 fully saturated rings. The molecule has 7 nitrogen and oxygen atoms in total. The summed E-state index contributed by atoms with van der Waals surface area (Å²) in [6.07, 6.45) is 0. The number of anilines is 2. The molecule has 0 amide bonds. The molecule has 1 aliphatic heterocycles. The van der Waals surface area contributed by atoms with Gasteiger partial charge in [-0.3, -0.25) is 9.89 Å². The van der Waals surface area contributed by atoms with Crippen molar-refractivity contribution in [3.05, 3.63) is 63.9 Å². The number of hydrogen-bond acceptors (Lipinski definition) is 5. The molecule has 1 saturated heterocycles. The SMILES string of the molecule is CNc1cc(-c2cc(=O)n3[nH]c(-c4ccccc4Cl)nc3n2)ccc1N1CC1C. The second kappa shape index (κ2) is 6.63. The number of hydrogen-bond donors (Lipinski definition) is 2. The molecule has 1 unspecified atom stereocenters. The van der Waals surface area contributed by atoms with E-state index in [1.807, 2.05) is 37.4 Å². The van der Waals surface area contributed by atoms with E-state index in [1.165, 1.54) is 10.6 Å². The molecule has 0 radical (unpaired) electrons. The number of benzene rings is 2. The first-order valence-electron chi connectivity index (χ1n) is 9.38. The molecule has 2 N–H and O–H groups in total. The first-order chi connectivity index (χ1) is 14.0. The Bertz CT molecular complexity index is 1290. The average Bonchev–Trinajstić information content (AvgIpc) is 3.29. The third kappa shape index (κ3) is 3.03. The van der Waals surface area contributed by atoms with E-state index < -0.39 is 0 Å². The Morgan fingerprint density at radius 2 is 1.97 bits per heavy atom. The summed E-state index contributed by atoms with van der Waals surface area (Å²) in [6.45, 7) is 3.25. The molecular formula is C21H19ClN6O. The number of nitrogens with one attached hydrogen (secondary N) is 2. The van der Waals surface area contributed by atoms with E-state index in [0.29, 0.717) is 28.4 Å². The van der Waals surface area contributed by atoms with Crippen molar-refractivity contribution >= 4 is 28.8 Å². The van der Waals surface area contributed by atoms with Gasteiger partial charge in [0.05, 0.1) is 22.1 Å². The van der Waals surface area contributed by atoms with Crippen molar-refractivity contribution in [1.29, 1.82) is 0 Å². The van der Waals surface area contributed by atoms with Crippen molar-refractivity contribution < 1.29 is 0 Å². The molecule has 5 rings (SSSR count). The molecule has 1 atom stereocenters. The van der Waals surface area contributed by atoms with E-state index in [0.717, 1.165) is 29.0 Å². The molecule has 8 heteroatoms. The zero-order valence-electron chi connectivity index (χ0n) is 16.0. The zero-order chi connectivity index (χ0) is 20.1. The topological polar surface area (TPSA) is 78.1 Å². The van der Waals surface area contributed by atoms with Crippen LogP contribution >= 0.6 is 11.6 Å². The summed E-state index contributed by atoms with van der Waals surface area (Å²) in [6, 6.07) is 15.5. The number of H-pyrrole nitrogens is 1. The van der Waals surface area contributed by atoms with E-state index >= 15 is 0 Å². The standard InChI is InChI=1S/C21H19ClN6O/c1-12-11-27(12)18-8-7-13(9-17(18)23-2)16-10-19(29)28-21(24-16)25-20(26-28)14-5-3-4-6-15(14)22/h3-10,12,23H,11H2,1-2H3,(H,24,25,26). The van der Waals surface area contributed by atoms with Gasteiger partial charge in [-0.05, 0) is 31.2 Å². The summed E-state index contributed by atoms with van der Waals surface area (Å²) in [4.78, 5) is 24.1. The van der Waals surface area contributed by atoms with E-state index in [9.17, 15) is 4.79 Å². The molecule has 29 heavy (non-hydrogen) atoms. The predicted molar refractivity (Wildman–Crippen MR) is 116 cm³/mol. The van der Waals surface area contributed by atoms with Gasteiger partial charge in [0, 0.05) is 36.8 Å². The first kappa shape index (κ1) is 17.8. The molecule has 2 aromatic carbocycles. The van der Waals surface area contributed by atoms with Gasteiger partial charge < -0.3 is 10.2 Å². The van der Waals surface area contributed by atoms with Crippen molar-refractivity contribution in [3.63, 3.8) is 0 Å². The van der Waals surface area contributed by atoms with E-state index in [2.05, 4.69) is 38.3 Å². The van der Waals surface area contributed by atoms with Crippen LogP contribution in [-0.2, 0) is 0 Å². The van der Waals surface area contributed by atoms with Crippen molar-refractivity contribution in [3.8, 4) is 22.6 Å². The lowest BCUT2D eigenvalue weighted by atomic mass is 10.1. The predicted octanol–water partition coefficient (Wildman–Crippen LogP) is 3.66. The van der Waals surface area contributed by atoms with Gasteiger partial charge in [0.25, 0.3) is 11.3 Å². The van der Waals surface area contributed by atoms with Gasteiger partial charge in [-0.15, -0.1) is 0 Å². The maximum atomic E-state index is 12.7. The minimum atomic E-state index is -0.231. The fraction of sp³-hybridized carbons (Fsp3) is 0.190. The van der Waals surface area contributed by atoms with E-state index in [-0.39, 0.29) is 5.56 Å². The van der Waals surface area contributed by atoms with Crippen LogP contribution in [0.3, 0.4) is 0 Å². The summed E-state index contributed by atoms with van der Waals surface area (Å²) in [5.74, 6) is 0.802. The van der Waals surface area contributed by atoms with Gasteiger partial charge in [-0.1, -0.05) is 29.8 Å². The van der Waals surface area contributed by atoms with Gasteiger partial charge >= 0.3 is 0 Å². The number of rotatable bonds is 4. The van der Waals surface area contributed by atoms with Gasteiger partial charge in [0.15, 0.2) is 5.82 Å². The highest BCUT2D eigenvalue weighted by Crippen LogP contribution is 2.36. The van der Waals surface area contributed by atoms with Gasteiger partial charge in [-0.2, -0.15) is 9.50 Å². The Kier molecular flexibility index (Phi) is 4.06. The lowest BCUT2D eigenvalue weighted by molar-refractivity contribution is 0.904. The fourth-order valence-corrected chi connectivity index (χ4v) is 3.75. The average molecular weight is 407 g/mol. The molecular weight excluding hydrogens is 388 g/mol. The smallest absolute Gasteiger partial charge is 0.274 e. The zero-order valence-corrected chi connectivity index (χ0v) is 16.7. The molecule has 0 bridgehead atoms. The summed E-state index contributed by atoms with van der Waals surface area (Å²) >= 11 is 6.26. The molecule has 3 heterocycles. The third-order valence-corrected chi connectivity index (χ3v) is 5.52. The van der Waals surface area contributed by atoms with Crippen LogP contribution in [0.15, 0.2) is 53.3 Å². The van der Waals surface area contributed by atoms with Crippen LogP contribution in [0, 0.1) is 0 Å². The lowest BCUT2D eigenvalue weighted by Crippen LogP contribution is -2.14. The van der Waals surface area contributed by atoms with Crippen LogP contribution in [0.5, 0.6) is 0 Å². The Hall–Kier alpha value is -3.32. The van der Waals surface area contributed by atoms with Crippen LogP contribution in [0.1, 0.15) is 6.92 Å². The molecule has 0 aliphatic carbocycles. The summed E-state index contributed by atoms with van der Waals surface area (Å²) in [7, 11) is 1.89. The van der Waals surface area contributed by atoms with Crippen molar-refractivity contribution in [2.75, 3.05) is 23.8 Å². The minimum Gasteiger partial charge on any atom is -0.386 e. The number of nitrogens with zero attached hydrogens (tertiary/aromatic N) is 4. The fourth-order valence-electron chi connectivity index (χ4n) is 3.52. The highest BCUT2D eigenvalue weighted by atomic mass is 35.5. The Morgan fingerprint density at radius 1 is 1.17 bits per heavy atom. The second-order valence-electron chi connectivity index (χ2n) is 7.15. The molecule has 4 aromatic rings. The number of aromatic nitrogens is 4. The van der Waals surface area contributed by atoms with E-state index in [1.54, 1.807) is 6.07 Å². The first-order valence-corrected chi connectivity index (χ1v) is 9.76. The summed E-state index contributed by atoms with van der Waals surface area (Å²) < 4.78 is 1.33. The molecule has 1 aliphatic rings. The Balaban J connectivity index is 1.60. The summed E-state index contributed by atoms with van der Waals surface area (Å²) in [5.41, 5.74) is 4.08. The quantitative estimate of drug-likeness (QED) is 0.506. The summed E-state index contributed by atoms with van der Waals surface area (Å²) in [5, 5.41) is 6.78. The van der Waals surface area contributed by atoms with Crippen molar-refractivity contribution in [2.45, 2.75) is 13.0 Å². The molecule has 2 aromatic heterocycles. The van der Waals surface area contributed by atoms with Gasteiger partial charge in [0.2, 0.25) is 0 Å². The highest BCUT2D eigenvalue weighted by molar-refractivity contribution is 6.33. The number of aromatic amines is 1. The highest BCUT2D eigenvalue weighted by Gasteiger charge is 2.31. The van der Waals surface area contributed by atoms with Crippen LogP contribution in [0.25, 0.3) is 28.4 Å². The normalized spacial score (nSPS) is 15.7. The lowest BCUT2D eigenvalue weighted by Gasteiger charge is -2.13. The molecule has 0 spiro atoms. The second-order valence-corrected chi connectivity index (χ2v) is 7.56. The van der Waals surface area contributed by atoms with Crippen LogP contribution in [-0.4, -0.2) is 39.2 Å². The van der Waals surface area contributed by atoms with Crippen molar-refractivity contribution in [1.82, 2.24) is 19.6 Å². The number of fused-ring (bicyclic) bond motifs is 1. The Labute approximate surface area is 172 Å². The largest absolute Gasteiger partial charge is 0.386 e. The maximum absolute atomic E-state index is 12.7. The van der Waals surface area contributed by atoms with Crippen LogP contribution < -0.4 is 15.8 Å². The van der Waals surface area contributed by atoms with Gasteiger partial charge in [0.1, 0.15) is 0 Å².